The fourth-order valence-electron chi connectivity index (χ4n) is 2.44. The van der Waals surface area contributed by atoms with Crippen molar-refractivity contribution in [3.8, 4) is 11.5 Å². The van der Waals surface area contributed by atoms with E-state index in [1.54, 1.807) is 20.8 Å². The van der Waals surface area contributed by atoms with E-state index in [1.165, 1.54) is 10.8 Å². The number of benzene rings is 1. The number of aromatic nitrogens is 1. The Morgan fingerprint density at radius 1 is 1.33 bits per heavy atom. The lowest BCUT2D eigenvalue weighted by Gasteiger charge is -2.23. The van der Waals surface area contributed by atoms with Crippen LogP contribution in [0.1, 0.15) is 20.8 Å². The maximum absolute atomic E-state index is 14.0. The predicted molar refractivity (Wildman–Crippen MR) is 81.0 cm³/mol. The molecule has 0 amide bonds. The molecule has 0 atom stereocenters. The molecule has 2 heterocycles. The molecule has 0 bridgehead atoms. The third-order valence-corrected chi connectivity index (χ3v) is 3.69. The van der Waals surface area contributed by atoms with Gasteiger partial charge in [0.2, 0.25) is 11.2 Å². The minimum Gasteiger partial charge on any atom is -0.455 e. The third kappa shape index (κ3) is 2.31. The molecule has 0 N–H and O–H groups in total. The van der Waals surface area contributed by atoms with E-state index in [0.717, 1.165) is 6.07 Å². The molecule has 1 aliphatic heterocycles. The van der Waals surface area contributed by atoms with Gasteiger partial charge in [0.15, 0.2) is 17.3 Å². The van der Waals surface area contributed by atoms with Crippen molar-refractivity contribution in [2.24, 2.45) is 0 Å². The first-order chi connectivity index (χ1) is 11.3. The van der Waals surface area contributed by atoms with Crippen LogP contribution in [0.2, 0.25) is 0 Å². The smallest absolute Gasteiger partial charge is 0.455 e. The van der Waals surface area contributed by atoms with E-state index < -0.39 is 23.2 Å². The molecule has 0 unspecified atom stereocenters. The lowest BCUT2D eigenvalue weighted by molar-refractivity contribution is 0.104. The van der Waals surface area contributed by atoms with Crippen LogP contribution >= 0.6 is 0 Å². The van der Waals surface area contributed by atoms with Gasteiger partial charge in [-0.05, 0) is 26.8 Å². The van der Waals surface area contributed by atoms with Gasteiger partial charge in [0.25, 0.3) is 0 Å². The first kappa shape index (κ1) is 16.0. The second kappa shape index (κ2) is 5.63. The average molecular weight is 337 g/mol. The van der Waals surface area contributed by atoms with Gasteiger partial charge >= 0.3 is 6.16 Å². The summed E-state index contributed by atoms with van der Waals surface area (Å²) in [7, 11) is 0. The highest BCUT2D eigenvalue weighted by Gasteiger charge is 2.27. The van der Waals surface area contributed by atoms with Gasteiger partial charge < -0.3 is 18.8 Å². The topological polar surface area (TPSA) is 66.8 Å². The summed E-state index contributed by atoms with van der Waals surface area (Å²) in [6, 6.07) is 0.752. The van der Waals surface area contributed by atoms with Crippen LogP contribution < -0.4 is 14.9 Å². The monoisotopic (exact) mass is 337 g/mol. The molecule has 0 spiro atoms. The zero-order valence-corrected chi connectivity index (χ0v) is 13.1. The zero-order chi connectivity index (χ0) is 17.6. The minimum absolute atomic E-state index is 0.0659. The quantitative estimate of drug-likeness (QED) is 0.786. The van der Waals surface area contributed by atoms with Crippen LogP contribution in [0.25, 0.3) is 16.6 Å². The molecule has 8 heteroatoms. The van der Waals surface area contributed by atoms with Gasteiger partial charge in [-0.15, -0.1) is 0 Å². The number of pyridine rings is 1. The van der Waals surface area contributed by atoms with Gasteiger partial charge in [0.05, 0.1) is 23.9 Å². The number of halogens is 2. The van der Waals surface area contributed by atoms with Crippen LogP contribution in [0.3, 0.4) is 0 Å². The summed E-state index contributed by atoms with van der Waals surface area (Å²) >= 11 is 0. The van der Waals surface area contributed by atoms with Gasteiger partial charge in [-0.2, -0.15) is 4.39 Å². The molecular weight excluding hydrogens is 324 g/mol. The lowest BCUT2D eigenvalue weighted by atomic mass is 10.1. The molecule has 24 heavy (non-hydrogen) atoms. The van der Waals surface area contributed by atoms with Gasteiger partial charge in [-0.3, -0.25) is 4.79 Å². The van der Waals surface area contributed by atoms with Crippen LogP contribution in [0.5, 0.6) is 11.5 Å². The molecule has 0 aliphatic carbocycles. The fraction of sp³-hybridized carbons (Fsp3) is 0.250. The Hall–Kier alpha value is -2.90. The molecule has 126 valence electrons. The molecule has 0 saturated carbocycles. The van der Waals surface area contributed by atoms with Crippen molar-refractivity contribution in [3.05, 3.63) is 39.9 Å². The summed E-state index contributed by atoms with van der Waals surface area (Å²) in [5.74, 6) is -2.85. The molecule has 0 saturated heterocycles. The Morgan fingerprint density at radius 2 is 2.04 bits per heavy atom. The van der Waals surface area contributed by atoms with Crippen molar-refractivity contribution in [1.82, 2.24) is 4.57 Å². The van der Waals surface area contributed by atoms with E-state index in [9.17, 15) is 18.4 Å². The van der Waals surface area contributed by atoms with Crippen LogP contribution in [-0.4, -0.2) is 17.3 Å². The van der Waals surface area contributed by atoms with Crippen molar-refractivity contribution >= 4 is 22.8 Å². The average Bonchev–Trinajstić information content (AvgIpc) is 2.53. The van der Waals surface area contributed by atoms with Crippen LogP contribution in [-0.2, 0) is 4.74 Å². The molecule has 3 rings (SSSR count). The highest BCUT2D eigenvalue weighted by atomic mass is 19.2. The Morgan fingerprint density at radius 3 is 2.71 bits per heavy atom. The van der Waals surface area contributed by atoms with Crippen molar-refractivity contribution in [3.63, 3.8) is 0 Å². The standard InChI is InChI=1S/C16H13F2NO5/c1-4-22-16(21)24-11-6-19-7(2)8(3)23-15-12(18)10(17)5-9(13(15)19)14(11)20/h5-6H,4H2,1-3H3. The maximum Gasteiger partial charge on any atom is 0.514 e. The van der Waals surface area contributed by atoms with Gasteiger partial charge in [0.1, 0.15) is 11.3 Å². The number of carbonyl (C=O) groups is 1. The molecule has 1 aliphatic rings. The summed E-state index contributed by atoms with van der Waals surface area (Å²) in [5, 5.41) is -0.169. The first-order valence-corrected chi connectivity index (χ1v) is 7.12. The number of nitrogens with zero attached hydrogens (tertiary/aromatic N) is 1. The highest BCUT2D eigenvalue weighted by Crippen LogP contribution is 2.37. The Balaban J connectivity index is 2.33. The van der Waals surface area contributed by atoms with E-state index in [-0.39, 0.29) is 29.0 Å². The van der Waals surface area contributed by atoms with Gasteiger partial charge in [0, 0.05) is 0 Å². The molecular formula is C16H13F2NO5. The number of hydrogen-bond donors (Lipinski definition) is 0. The Bertz CT molecular complexity index is 961. The molecule has 2 aromatic rings. The van der Waals surface area contributed by atoms with Crippen LogP contribution in [0, 0.1) is 11.6 Å². The number of hydrogen-bond acceptors (Lipinski definition) is 5. The maximum atomic E-state index is 14.0. The van der Waals surface area contributed by atoms with Gasteiger partial charge in [-0.25, -0.2) is 9.18 Å². The number of allylic oxidation sites excluding steroid dienone is 2. The predicted octanol–water partition coefficient (Wildman–Crippen LogP) is 3.42. The zero-order valence-electron chi connectivity index (χ0n) is 13.1. The molecule has 0 fully saturated rings. The highest BCUT2D eigenvalue weighted by molar-refractivity contribution is 5.90. The van der Waals surface area contributed by atoms with E-state index in [0.29, 0.717) is 11.5 Å². The van der Waals surface area contributed by atoms with Crippen molar-refractivity contribution in [2.45, 2.75) is 20.8 Å². The molecule has 1 aromatic heterocycles. The van der Waals surface area contributed by atoms with Gasteiger partial charge in [-0.1, -0.05) is 0 Å². The molecule has 1 aromatic carbocycles. The van der Waals surface area contributed by atoms with Crippen LogP contribution in [0.15, 0.2) is 22.8 Å². The van der Waals surface area contributed by atoms with E-state index in [2.05, 4.69) is 4.74 Å². The van der Waals surface area contributed by atoms with Crippen molar-refractivity contribution in [1.29, 1.82) is 0 Å². The lowest BCUT2D eigenvalue weighted by Crippen LogP contribution is -2.21. The fourth-order valence-corrected chi connectivity index (χ4v) is 2.44. The van der Waals surface area contributed by atoms with E-state index in [1.807, 2.05) is 0 Å². The second-order valence-corrected chi connectivity index (χ2v) is 5.12. The molecule has 0 radical (unpaired) electrons. The summed E-state index contributed by atoms with van der Waals surface area (Å²) in [6.07, 6.45) is 0.166. The summed E-state index contributed by atoms with van der Waals surface area (Å²) < 4.78 is 44.1. The van der Waals surface area contributed by atoms with Crippen molar-refractivity contribution < 1.29 is 27.8 Å². The SMILES string of the molecule is CCOC(=O)Oc1cn2c3c(c(F)c(F)cc3c1=O)OC(C)=C2C. The first-order valence-electron chi connectivity index (χ1n) is 7.12. The number of ether oxygens (including phenoxy) is 3. The van der Waals surface area contributed by atoms with Crippen LogP contribution in [0.4, 0.5) is 13.6 Å². The van der Waals surface area contributed by atoms with Crippen molar-refractivity contribution in [2.75, 3.05) is 6.61 Å². The van der Waals surface area contributed by atoms with E-state index >= 15 is 0 Å². The normalized spacial score (nSPS) is 13.0. The molecule has 6 nitrogen and oxygen atoms in total. The van der Waals surface area contributed by atoms with E-state index in [4.69, 9.17) is 9.47 Å². The number of carbonyl (C=O) groups excluding carboxylic acids is 1. The Kier molecular flexibility index (Phi) is 3.75. The summed E-state index contributed by atoms with van der Waals surface area (Å²) in [5.41, 5.74) is -0.171. The second-order valence-electron chi connectivity index (χ2n) is 5.12. The largest absolute Gasteiger partial charge is 0.514 e. The summed E-state index contributed by atoms with van der Waals surface area (Å²) in [6.45, 7) is 4.88. The Labute approximate surface area is 134 Å². The minimum atomic E-state index is -1.23. The number of rotatable bonds is 2. The third-order valence-electron chi connectivity index (χ3n) is 3.69. The summed E-state index contributed by atoms with van der Waals surface area (Å²) in [4.78, 5) is 23.9.